The Hall–Kier alpha value is -2.53. The highest BCUT2D eigenvalue weighted by Crippen LogP contribution is 2.44. The van der Waals surface area contributed by atoms with Crippen LogP contribution in [0.15, 0.2) is 12.1 Å². The van der Waals surface area contributed by atoms with Gasteiger partial charge in [-0.3, -0.25) is 4.79 Å². The van der Waals surface area contributed by atoms with Gasteiger partial charge in [0.05, 0.1) is 18.1 Å². The van der Waals surface area contributed by atoms with Crippen LogP contribution in [0.1, 0.15) is 34.5 Å². The summed E-state index contributed by atoms with van der Waals surface area (Å²) in [6.45, 7) is 6.67. The molecule has 4 rings (SSSR count). The molecule has 0 atom stereocenters. The molecule has 0 aliphatic carbocycles. The molecular formula is C22H23ClN2O3. The van der Waals surface area contributed by atoms with Crippen LogP contribution < -0.4 is 4.74 Å². The van der Waals surface area contributed by atoms with Crippen molar-refractivity contribution < 1.29 is 14.6 Å². The number of fused-ring (bicyclic) bond motifs is 2. The fraction of sp³-hybridized carbons (Fsp3) is 0.364. The lowest BCUT2D eigenvalue weighted by Gasteiger charge is -2.22. The summed E-state index contributed by atoms with van der Waals surface area (Å²) in [5.74, 6) is -0.0593. The number of hydrogen-bond donors (Lipinski definition) is 1. The molecule has 3 aromatic rings. The van der Waals surface area contributed by atoms with E-state index in [-0.39, 0.29) is 6.42 Å². The zero-order chi connectivity index (χ0) is 20.2. The van der Waals surface area contributed by atoms with Crippen LogP contribution in [0.4, 0.5) is 0 Å². The fourth-order valence-corrected chi connectivity index (χ4v) is 4.52. The van der Waals surface area contributed by atoms with Gasteiger partial charge in [-0.05, 0) is 56.9 Å². The standard InChI is InChI=1S/C22H23ClN2O3/c1-11-13(3)25(4)22-19(11)20(16(10-18(26)27)12(2)24-22)15-7-8-17-14(21(15)23)6-5-9-28-17/h7-8H,5-6,9-10H2,1-4H3,(H,26,27). The molecule has 0 amide bonds. The Morgan fingerprint density at radius 2 is 2.07 bits per heavy atom. The summed E-state index contributed by atoms with van der Waals surface area (Å²) in [6, 6.07) is 3.90. The zero-order valence-electron chi connectivity index (χ0n) is 16.5. The number of aryl methyl sites for hydroxylation is 3. The van der Waals surface area contributed by atoms with Gasteiger partial charge in [0, 0.05) is 40.5 Å². The first-order valence-electron chi connectivity index (χ1n) is 9.42. The topological polar surface area (TPSA) is 64.4 Å². The van der Waals surface area contributed by atoms with Crippen LogP contribution in [0, 0.1) is 20.8 Å². The highest BCUT2D eigenvalue weighted by Gasteiger charge is 2.25. The molecule has 1 N–H and O–H groups in total. The van der Waals surface area contributed by atoms with E-state index in [4.69, 9.17) is 21.3 Å². The van der Waals surface area contributed by atoms with Crippen molar-refractivity contribution in [3.8, 4) is 16.9 Å². The Labute approximate surface area is 168 Å². The third-order valence-electron chi connectivity index (χ3n) is 5.85. The number of aliphatic carboxylic acids is 1. The maximum Gasteiger partial charge on any atom is 0.307 e. The highest BCUT2D eigenvalue weighted by atomic mass is 35.5. The quantitative estimate of drug-likeness (QED) is 0.690. The summed E-state index contributed by atoms with van der Waals surface area (Å²) in [4.78, 5) is 16.4. The molecule has 2 aromatic heterocycles. The Balaban J connectivity index is 2.13. The fourth-order valence-electron chi connectivity index (χ4n) is 4.18. The third kappa shape index (κ3) is 2.76. The van der Waals surface area contributed by atoms with Crippen molar-refractivity contribution in [2.75, 3.05) is 6.61 Å². The molecular weight excluding hydrogens is 376 g/mol. The lowest BCUT2D eigenvalue weighted by molar-refractivity contribution is -0.136. The van der Waals surface area contributed by atoms with Crippen LogP contribution in [0.25, 0.3) is 22.2 Å². The van der Waals surface area contributed by atoms with Crippen LogP contribution in [0.3, 0.4) is 0 Å². The minimum Gasteiger partial charge on any atom is -0.493 e. The van der Waals surface area contributed by atoms with Gasteiger partial charge in [0.25, 0.3) is 0 Å². The zero-order valence-corrected chi connectivity index (χ0v) is 17.3. The van der Waals surface area contributed by atoms with Crippen LogP contribution in [0.5, 0.6) is 5.75 Å². The molecule has 1 aromatic carbocycles. The van der Waals surface area contributed by atoms with E-state index in [1.54, 1.807) is 0 Å². The van der Waals surface area contributed by atoms with Crippen molar-refractivity contribution in [3.05, 3.63) is 45.2 Å². The van der Waals surface area contributed by atoms with Gasteiger partial charge in [0.15, 0.2) is 0 Å². The molecule has 0 radical (unpaired) electrons. The summed E-state index contributed by atoms with van der Waals surface area (Å²) in [7, 11) is 1.99. The number of carbonyl (C=O) groups is 1. The molecule has 146 valence electrons. The van der Waals surface area contributed by atoms with Gasteiger partial charge in [-0.2, -0.15) is 0 Å². The number of benzene rings is 1. The maximum absolute atomic E-state index is 11.6. The summed E-state index contributed by atoms with van der Waals surface area (Å²) >= 11 is 6.87. The molecule has 1 aliphatic rings. The second kappa shape index (κ2) is 6.82. The monoisotopic (exact) mass is 398 g/mol. The van der Waals surface area contributed by atoms with E-state index in [0.29, 0.717) is 17.2 Å². The van der Waals surface area contributed by atoms with E-state index in [1.165, 1.54) is 0 Å². The lowest BCUT2D eigenvalue weighted by atomic mass is 9.90. The molecule has 0 unspecified atom stereocenters. The van der Waals surface area contributed by atoms with Gasteiger partial charge in [-0.15, -0.1) is 0 Å². The smallest absolute Gasteiger partial charge is 0.307 e. The van der Waals surface area contributed by atoms with Gasteiger partial charge in [0.1, 0.15) is 11.4 Å². The number of hydrogen-bond acceptors (Lipinski definition) is 3. The summed E-state index contributed by atoms with van der Waals surface area (Å²) < 4.78 is 7.81. The molecule has 0 bridgehead atoms. The van der Waals surface area contributed by atoms with Crippen molar-refractivity contribution in [1.29, 1.82) is 0 Å². The number of rotatable bonds is 3. The largest absolute Gasteiger partial charge is 0.493 e. The van der Waals surface area contributed by atoms with E-state index in [9.17, 15) is 9.90 Å². The molecule has 3 heterocycles. The molecule has 28 heavy (non-hydrogen) atoms. The molecule has 0 saturated heterocycles. The minimum atomic E-state index is -0.881. The SMILES string of the molecule is Cc1nc2c(c(C)c(C)n2C)c(-c2ccc3c(c2Cl)CCCO3)c1CC(=O)O. The average Bonchev–Trinajstić information content (AvgIpc) is 2.87. The molecule has 5 nitrogen and oxygen atoms in total. The third-order valence-corrected chi connectivity index (χ3v) is 6.28. The number of carboxylic acid groups (broad SMARTS) is 1. The Morgan fingerprint density at radius 3 is 2.79 bits per heavy atom. The molecule has 0 spiro atoms. The first-order valence-corrected chi connectivity index (χ1v) is 9.80. The normalized spacial score (nSPS) is 13.5. The van der Waals surface area contributed by atoms with Crippen molar-refractivity contribution in [3.63, 3.8) is 0 Å². The summed E-state index contributed by atoms with van der Waals surface area (Å²) in [6.07, 6.45) is 1.68. The van der Waals surface area contributed by atoms with E-state index in [2.05, 4.69) is 18.4 Å². The van der Waals surface area contributed by atoms with Crippen LogP contribution in [0.2, 0.25) is 5.02 Å². The number of aromatic nitrogens is 2. The Kier molecular flexibility index (Phi) is 4.58. The van der Waals surface area contributed by atoms with Crippen molar-refractivity contribution in [2.24, 2.45) is 7.05 Å². The van der Waals surface area contributed by atoms with E-state index in [0.717, 1.165) is 63.3 Å². The van der Waals surface area contributed by atoms with Crippen LogP contribution in [-0.4, -0.2) is 27.2 Å². The van der Waals surface area contributed by atoms with E-state index in [1.807, 2.05) is 26.1 Å². The number of carboxylic acids is 1. The first-order chi connectivity index (χ1) is 13.3. The molecule has 1 aliphatic heterocycles. The van der Waals surface area contributed by atoms with Gasteiger partial charge < -0.3 is 14.4 Å². The summed E-state index contributed by atoms with van der Waals surface area (Å²) in [5, 5.41) is 11.2. The highest BCUT2D eigenvalue weighted by molar-refractivity contribution is 6.35. The minimum absolute atomic E-state index is 0.0958. The number of pyridine rings is 1. The van der Waals surface area contributed by atoms with Gasteiger partial charge >= 0.3 is 5.97 Å². The second-order valence-corrected chi connectivity index (χ2v) is 7.82. The van der Waals surface area contributed by atoms with Crippen LogP contribution >= 0.6 is 11.6 Å². The van der Waals surface area contributed by atoms with Crippen LogP contribution in [-0.2, 0) is 24.7 Å². The van der Waals surface area contributed by atoms with Gasteiger partial charge in [-0.25, -0.2) is 4.98 Å². The molecule has 0 fully saturated rings. The first kappa shape index (κ1) is 18.8. The van der Waals surface area contributed by atoms with Crippen molar-refractivity contribution in [1.82, 2.24) is 9.55 Å². The number of ether oxygens (including phenoxy) is 1. The Morgan fingerprint density at radius 1 is 1.32 bits per heavy atom. The molecule has 6 heteroatoms. The van der Waals surface area contributed by atoms with Gasteiger partial charge in [-0.1, -0.05) is 11.6 Å². The Bertz CT molecular complexity index is 1130. The van der Waals surface area contributed by atoms with E-state index >= 15 is 0 Å². The number of halogens is 1. The second-order valence-electron chi connectivity index (χ2n) is 7.45. The van der Waals surface area contributed by atoms with E-state index < -0.39 is 5.97 Å². The predicted octanol–water partition coefficient (Wildman–Crippen LogP) is 4.77. The van der Waals surface area contributed by atoms with Gasteiger partial charge in [0.2, 0.25) is 0 Å². The summed E-state index contributed by atoms with van der Waals surface area (Å²) in [5.41, 5.74) is 7.21. The lowest BCUT2D eigenvalue weighted by Crippen LogP contribution is -2.10. The molecule has 0 saturated carbocycles. The predicted molar refractivity (Wildman–Crippen MR) is 111 cm³/mol. The van der Waals surface area contributed by atoms with Crippen molar-refractivity contribution >= 4 is 28.6 Å². The number of nitrogens with zero attached hydrogens (tertiary/aromatic N) is 2. The van der Waals surface area contributed by atoms with Crippen molar-refractivity contribution in [2.45, 2.75) is 40.0 Å². The average molecular weight is 399 g/mol. The maximum atomic E-state index is 11.6.